The van der Waals surface area contributed by atoms with Gasteiger partial charge in [-0.2, -0.15) is 0 Å². The lowest BCUT2D eigenvalue weighted by Gasteiger charge is -2.28. The quantitative estimate of drug-likeness (QED) is 0.102. The number of benzene rings is 2. The van der Waals surface area contributed by atoms with E-state index in [4.69, 9.17) is 9.47 Å². The molecular weight excluding hydrogens is 778 g/mol. The number of methoxy groups -OCH3 is 2. The van der Waals surface area contributed by atoms with Crippen LogP contribution in [0.3, 0.4) is 0 Å². The van der Waals surface area contributed by atoms with Gasteiger partial charge in [0.1, 0.15) is 42.5 Å². The molecule has 0 aliphatic rings. The second kappa shape index (κ2) is 21.8. The summed E-state index contributed by atoms with van der Waals surface area (Å²) in [6.07, 6.45) is -1.35. The van der Waals surface area contributed by atoms with Crippen molar-refractivity contribution in [2.24, 2.45) is 11.8 Å². The summed E-state index contributed by atoms with van der Waals surface area (Å²) in [4.78, 5) is 109. The highest BCUT2D eigenvalue weighted by atomic mass is 19.1. The van der Waals surface area contributed by atoms with E-state index < -0.39 is 126 Å². The van der Waals surface area contributed by atoms with E-state index in [9.17, 15) is 47.1 Å². The fourth-order valence-corrected chi connectivity index (χ4v) is 5.48. The van der Waals surface area contributed by atoms with Crippen molar-refractivity contribution in [2.45, 2.75) is 77.7 Å². The molecule has 1 aromatic heterocycles. The van der Waals surface area contributed by atoms with E-state index in [1.807, 2.05) is 12.1 Å². The number of amides is 5. The zero-order valence-electron chi connectivity index (χ0n) is 33.6. The molecule has 19 heteroatoms. The number of para-hydroxylation sites is 2. The van der Waals surface area contributed by atoms with Crippen LogP contribution >= 0.6 is 0 Å². The van der Waals surface area contributed by atoms with Crippen LogP contribution in [0.15, 0.2) is 54.6 Å². The Labute approximate surface area is 338 Å². The molecule has 59 heavy (non-hydrogen) atoms. The SMILES string of the molecule is COC(=O)C[C@H](NC(=O)[C@H](C)NC(=O)[C@@H](NC(=O)[C@H](CC(=O)OC)NC(=O)[C@@H](NC(=O)c1ccc2ccccc2n1)C(C)C)C(C)C)C(=O)COc1c(F)cccc1F. The van der Waals surface area contributed by atoms with Crippen LogP contribution in [-0.2, 0) is 43.0 Å². The highest BCUT2D eigenvalue weighted by Crippen LogP contribution is 2.21. The van der Waals surface area contributed by atoms with Crippen molar-refractivity contribution in [3.05, 3.63) is 71.9 Å². The molecule has 0 spiro atoms. The van der Waals surface area contributed by atoms with Crippen LogP contribution in [0, 0.1) is 23.5 Å². The van der Waals surface area contributed by atoms with Crippen molar-refractivity contribution in [3.8, 4) is 5.75 Å². The number of rotatable bonds is 20. The number of aromatic nitrogens is 1. The minimum absolute atomic E-state index is 0.0377. The first-order valence-corrected chi connectivity index (χ1v) is 18.5. The summed E-state index contributed by atoms with van der Waals surface area (Å²) in [7, 11) is 2.11. The Morgan fingerprint density at radius 3 is 1.75 bits per heavy atom. The molecule has 5 amide bonds. The Balaban J connectivity index is 1.71. The summed E-state index contributed by atoms with van der Waals surface area (Å²) in [5.41, 5.74) is 0.593. The number of Topliss-reactive ketones (excluding diaryl/α,β-unsaturated/α-hetero) is 1. The summed E-state index contributed by atoms with van der Waals surface area (Å²) in [5, 5.41) is 13.1. The van der Waals surface area contributed by atoms with Gasteiger partial charge in [0.05, 0.1) is 32.6 Å². The molecule has 0 aliphatic carbocycles. The fraction of sp³-hybridized carbons (Fsp3) is 0.425. The molecule has 5 atom stereocenters. The third-order valence-electron chi connectivity index (χ3n) is 8.88. The van der Waals surface area contributed by atoms with Crippen molar-refractivity contribution in [1.82, 2.24) is 31.6 Å². The van der Waals surface area contributed by atoms with Gasteiger partial charge in [-0.05, 0) is 43.0 Å². The van der Waals surface area contributed by atoms with E-state index in [1.54, 1.807) is 45.9 Å². The zero-order chi connectivity index (χ0) is 44.0. The van der Waals surface area contributed by atoms with Crippen LogP contribution in [-0.4, -0.2) is 103 Å². The van der Waals surface area contributed by atoms with Gasteiger partial charge in [-0.3, -0.25) is 38.4 Å². The first kappa shape index (κ1) is 46.8. The van der Waals surface area contributed by atoms with Crippen molar-refractivity contribution in [1.29, 1.82) is 0 Å². The van der Waals surface area contributed by atoms with Crippen LogP contribution in [0.1, 0.15) is 57.9 Å². The molecule has 2 aromatic carbocycles. The molecule has 17 nitrogen and oxygen atoms in total. The number of nitrogens with one attached hydrogen (secondary N) is 5. The van der Waals surface area contributed by atoms with Gasteiger partial charge in [0, 0.05) is 5.39 Å². The van der Waals surface area contributed by atoms with Crippen molar-refractivity contribution in [2.75, 3.05) is 20.8 Å². The van der Waals surface area contributed by atoms with E-state index in [0.717, 1.165) is 37.8 Å². The molecule has 5 N–H and O–H groups in total. The Kier molecular flexibility index (Phi) is 17.3. The summed E-state index contributed by atoms with van der Waals surface area (Å²) in [6.45, 7) is 6.73. The van der Waals surface area contributed by atoms with E-state index in [0.29, 0.717) is 5.52 Å². The highest BCUT2D eigenvalue weighted by Gasteiger charge is 2.35. The maximum absolute atomic E-state index is 14.0. The molecule has 0 fully saturated rings. The lowest BCUT2D eigenvalue weighted by molar-refractivity contribution is -0.144. The molecule has 3 rings (SSSR count). The van der Waals surface area contributed by atoms with Gasteiger partial charge in [0.2, 0.25) is 23.6 Å². The summed E-state index contributed by atoms with van der Waals surface area (Å²) >= 11 is 0. The fourth-order valence-electron chi connectivity index (χ4n) is 5.48. The van der Waals surface area contributed by atoms with Crippen LogP contribution in [0.25, 0.3) is 10.9 Å². The largest absolute Gasteiger partial charge is 0.480 e. The molecule has 1 heterocycles. The monoisotopic (exact) mass is 826 g/mol. The van der Waals surface area contributed by atoms with E-state index in [1.165, 1.54) is 13.0 Å². The molecule has 0 radical (unpaired) electrons. The van der Waals surface area contributed by atoms with Gasteiger partial charge in [0.15, 0.2) is 23.2 Å². The Morgan fingerprint density at radius 1 is 0.610 bits per heavy atom. The minimum Gasteiger partial charge on any atom is -0.480 e. The molecule has 0 unspecified atom stereocenters. The topological polar surface area (TPSA) is 237 Å². The molecule has 0 saturated carbocycles. The number of carbonyl (C=O) groups excluding carboxylic acids is 8. The van der Waals surface area contributed by atoms with Gasteiger partial charge >= 0.3 is 11.9 Å². The highest BCUT2D eigenvalue weighted by molar-refractivity contribution is 6.00. The third-order valence-corrected chi connectivity index (χ3v) is 8.88. The average Bonchev–Trinajstić information content (AvgIpc) is 3.19. The Bertz CT molecular complexity index is 2030. The van der Waals surface area contributed by atoms with E-state index in [-0.39, 0.29) is 5.69 Å². The van der Waals surface area contributed by atoms with Crippen LogP contribution < -0.4 is 31.3 Å². The van der Waals surface area contributed by atoms with Crippen LogP contribution in [0.5, 0.6) is 5.75 Å². The van der Waals surface area contributed by atoms with Gasteiger partial charge in [-0.15, -0.1) is 0 Å². The summed E-state index contributed by atoms with van der Waals surface area (Å²) < 4.78 is 42.4. The smallest absolute Gasteiger partial charge is 0.308 e. The number of pyridine rings is 1. The molecule has 0 saturated heterocycles. The molecule has 318 valence electrons. The number of halogens is 2. The maximum atomic E-state index is 14.0. The van der Waals surface area contributed by atoms with Gasteiger partial charge in [-0.1, -0.05) is 58.0 Å². The average molecular weight is 827 g/mol. The molecule has 0 aliphatic heterocycles. The number of carbonyl (C=O) groups is 8. The second-order valence-corrected chi connectivity index (χ2v) is 14.0. The predicted octanol–water partition coefficient (Wildman–Crippen LogP) is 1.66. The standard InChI is InChI=1S/C40H48F2N6O11/c1-20(2)33(39(55)43-22(5)36(52)45-28(17-31(50)57-6)30(49)19-59-35-24(41)12-10-13-25(35)42)48-38(54)29(18-32(51)58-7)46-40(56)34(21(3)4)47-37(53)27-16-15-23-11-8-9-14-26(23)44-27/h8-16,20-22,28-29,33-34H,17-19H2,1-7H3,(H,43,55)(H,45,52)(H,46,56)(H,47,53)(H,48,54)/t22-,28-,29-,33-,34-/m0/s1. The van der Waals surface area contributed by atoms with E-state index >= 15 is 0 Å². The normalized spacial score (nSPS) is 13.5. The molecule has 0 bridgehead atoms. The Morgan fingerprint density at radius 2 is 1.15 bits per heavy atom. The number of fused-ring (bicyclic) bond motifs is 1. The van der Waals surface area contributed by atoms with Gasteiger partial charge < -0.3 is 40.8 Å². The number of hydrogen-bond donors (Lipinski definition) is 5. The lowest BCUT2D eigenvalue weighted by Crippen LogP contribution is -2.60. The lowest BCUT2D eigenvalue weighted by atomic mass is 10.0. The second-order valence-electron chi connectivity index (χ2n) is 14.0. The van der Waals surface area contributed by atoms with Crippen molar-refractivity contribution in [3.63, 3.8) is 0 Å². The van der Waals surface area contributed by atoms with Gasteiger partial charge in [-0.25, -0.2) is 13.8 Å². The van der Waals surface area contributed by atoms with Crippen molar-refractivity contribution >= 4 is 58.2 Å². The number of hydrogen-bond acceptors (Lipinski definition) is 12. The number of nitrogens with zero attached hydrogens (tertiary/aromatic N) is 1. The minimum atomic E-state index is -1.60. The number of ketones is 1. The third kappa shape index (κ3) is 13.5. The summed E-state index contributed by atoms with van der Waals surface area (Å²) in [5.74, 6) is -11.2. The molecule has 3 aromatic rings. The number of esters is 2. The Hall–Kier alpha value is -6.53. The van der Waals surface area contributed by atoms with Crippen LogP contribution in [0.4, 0.5) is 8.78 Å². The zero-order valence-corrected chi connectivity index (χ0v) is 33.6. The van der Waals surface area contributed by atoms with E-state index in [2.05, 4.69) is 36.3 Å². The summed E-state index contributed by atoms with van der Waals surface area (Å²) in [6, 6.07) is 6.07. The van der Waals surface area contributed by atoms with Crippen LogP contribution in [0.2, 0.25) is 0 Å². The predicted molar refractivity (Wildman–Crippen MR) is 206 cm³/mol. The molecular formula is C40H48F2N6O11. The van der Waals surface area contributed by atoms with Gasteiger partial charge in [0.25, 0.3) is 5.91 Å². The maximum Gasteiger partial charge on any atom is 0.308 e. The first-order chi connectivity index (χ1) is 27.9. The first-order valence-electron chi connectivity index (χ1n) is 18.5. The van der Waals surface area contributed by atoms with Crippen molar-refractivity contribution < 1.29 is 61.3 Å². The number of ether oxygens (including phenoxy) is 3.